The zero-order valence-electron chi connectivity index (χ0n) is 7.02. The first-order valence-electron chi connectivity index (χ1n) is 3.97. The Hall–Kier alpha value is -0.170. The summed E-state index contributed by atoms with van der Waals surface area (Å²) in [7, 11) is 0. The molecule has 72 valence electrons. The van der Waals surface area contributed by atoms with Gasteiger partial charge in [0.2, 0.25) is 0 Å². The normalized spacial score (nSPS) is 15.4. The zero-order valence-corrected chi connectivity index (χ0v) is 9.18. The molecule has 3 nitrogen and oxygen atoms in total. The Morgan fingerprint density at radius 2 is 1.92 bits per heavy atom. The molecule has 0 saturated carbocycles. The van der Waals surface area contributed by atoms with Gasteiger partial charge in [0.15, 0.2) is 0 Å². The van der Waals surface area contributed by atoms with Gasteiger partial charge >= 0.3 is 0 Å². The number of hydrogen-bond donors (Lipinski definition) is 3. The van der Waals surface area contributed by atoms with Gasteiger partial charge in [0.05, 0.1) is 6.10 Å². The molecule has 0 saturated heterocycles. The molecular weight excluding hydrogens is 281 g/mol. The summed E-state index contributed by atoms with van der Waals surface area (Å²) in [6.45, 7) is 0.0616. The van der Waals surface area contributed by atoms with Crippen molar-refractivity contribution in [2.75, 3.05) is 6.54 Å². The van der Waals surface area contributed by atoms with Crippen molar-refractivity contribution >= 4 is 22.6 Å². The van der Waals surface area contributed by atoms with Crippen LogP contribution in [0.5, 0.6) is 0 Å². The van der Waals surface area contributed by atoms with Gasteiger partial charge in [0.25, 0.3) is 0 Å². The number of halogens is 1. The van der Waals surface area contributed by atoms with E-state index in [0.717, 1.165) is 9.13 Å². The molecule has 1 rings (SSSR count). The quantitative estimate of drug-likeness (QED) is 0.717. The first-order valence-corrected chi connectivity index (χ1v) is 5.05. The first-order chi connectivity index (χ1) is 6.16. The van der Waals surface area contributed by atoms with E-state index >= 15 is 0 Å². The Morgan fingerprint density at radius 1 is 1.31 bits per heavy atom. The summed E-state index contributed by atoms with van der Waals surface area (Å²) < 4.78 is 0.931. The Bertz CT molecular complexity index is 280. The molecule has 0 radical (unpaired) electrons. The number of rotatable bonds is 3. The minimum Gasteiger partial charge on any atom is -0.389 e. The Balaban J connectivity index is 2.88. The van der Waals surface area contributed by atoms with Crippen LogP contribution in [0.25, 0.3) is 0 Å². The maximum atomic E-state index is 9.64. The van der Waals surface area contributed by atoms with Gasteiger partial charge in [-0.25, -0.2) is 0 Å². The fourth-order valence-electron chi connectivity index (χ4n) is 1.05. The van der Waals surface area contributed by atoms with Crippen LogP contribution in [-0.2, 0) is 0 Å². The van der Waals surface area contributed by atoms with Crippen LogP contribution >= 0.6 is 22.6 Å². The van der Waals surface area contributed by atoms with Crippen molar-refractivity contribution in [1.29, 1.82) is 0 Å². The molecule has 13 heavy (non-hydrogen) atoms. The third-order valence-electron chi connectivity index (χ3n) is 1.83. The van der Waals surface area contributed by atoms with E-state index in [2.05, 4.69) is 22.6 Å². The maximum Gasteiger partial charge on any atom is 0.107 e. The van der Waals surface area contributed by atoms with Gasteiger partial charge in [-0.3, -0.25) is 0 Å². The van der Waals surface area contributed by atoms with E-state index in [4.69, 9.17) is 5.73 Å². The van der Waals surface area contributed by atoms with E-state index in [-0.39, 0.29) is 6.54 Å². The highest BCUT2D eigenvalue weighted by Gasteiger charge is 2.18. The lowest BCUT2D eigenvalue weighted by molar-refractivity contribution is 0.0238. The Labute approximate surface area is 90.7 Å². The molecule has 2 atom stereocenters. The minimum absolute atomic E-state index is 0.0616. The SMILES string of the molecule is NCC(O)C(O)c1ccccc1I. The van der Waals surface area contributed by atoms with E-state index in [0.29, 0.717) is 0 Å². The molecule has 0 fully saturated rings. The molecule has 0 amide bonds. The second kappa shape index (κ2) is 4.90. The fraction of sp³-hybridized carbons (Fsp3) is 0.333. The monoisotopic (exact) mass is 293 g/mol. The van der Waals surface area contributed by atoms with Crippen molar-refractivity contribution in [3.05, 3.63) is 33.4 Å². The molecule has 0 aromatic heterocycles. The Kier molecular flexibility index (Phi) is 4.11. The zero-order chi connectivity index (χ0) is 9.84. The first kappa shape index (κ1) is 10.9. The third kappa shape index (κ3) is 2.63. The van der Waals surface area contributed by atoms with Crippen LogP contribution in [0.4, 0.5) is 0 Å². The van der Waals surface area contributed by atoms with Crippen molar-refractivity contribution < 1.29 is 10.2 Å². The van der Waals surface area contributed by atoms with Gasteiger partial charge in [0.1, 0.15) is 6.10 Å². The fourth-order valence-corrected chi connectivity index (χ4v) is 1.76. The van der Waals surface area contributed by atoms with Gasteiger partial charge in [-0.15, -0.1) is 0 Å². The molecule has 0 aliphatic carbocycles. The number of hydrogen-bond acceptors (Lipinski definition) is 3. The minimum atomic E-state index is -0.893. The van der Waals surface area contributed by atoms with E-state index in [1.807, 2.05) is 18.2 Å². The van der Waals surface area contributed by atoms with Crippen LogP contribution in [0.15, 0.2) is 24.3 Å². The molecule has 1 aromatic carbocycles. The highest BCUT2D eigenvalue weighted by atomic mass is 127. The van der Waals surface area contributed by atoms with Crippen LogP contribution in [-0.4, -0.2) is 22.9 Å². The topological polar surface area (TPSA) is 66.5 Å². The summed E-state index contributed by atoms with van der Waals surface area (Å²) in [6.07, 6.45) is -1.78. The summed E-state index contributed by atoms with van der Waals surface area (Å²) in [5.41, 5.74) is 5.97. The average Bonchev–Trinajstić information content (AvgIpc) is 2.16. The van der Waals surface area contributed by atoms with Crippen molar-refractivity contribution in [3.8, 4) is 0 Å². The van der Waals surface area contributed by atoms with E-state index in [9.17, 15) is 10.2 Å². The highest BCUT2D eigenvalue weighted by Crippen LogP contribution is 2.21. The highest BCUT2D eigenvalue weighted by molar-refractivity contribution is 14.1. The van der Waals surface area contributed by atoms with Crippen molar-refractivity contribution in [3.63, 3.8) is 0 Å². The molecule has 2 unspecified atom stereocenters. The van der Waals surface area contributed by atoms with Crippen LogP contribution in [0.1, 0.15) is 11.7 Å². The standard InChI is InChI=1S/C9H12INO2/c10-7-4-2-1-3-6(7)9(13)8(12)5-11/h1-4,8-9,12-13H,5,11H2. The average molecular weight is 293 g/mol. The van der Waals surface area contributed by atoms with Gasteiger partial charge < -0.3 is 15.9 Å². The second-order valence-electron chi connectivity index (χ2n) is 2.77. The van der Waals surface area contributed by atoms with E-state index < -0.39 is 12.2 Å². The van der Waals surface area contributed by atoms with E-state index in [1.165, 1.54) is 0 Å². The predicted octanol–water partition coefficient (Wildman–Crippen LogP) is 0.644. The van der Waals surface area contributed by atoms with Crippen LogP contribution < -0.4 is 5.73 Å². The molecule has 4 N–H and O–H groups in total. The number of nitrogens with two attached hydrogens (primary N) is 1. The van der Waals surface area contributed by atoms with Gasteiger partial charge in [-0.1, -0.05) is 18.2 Å². The molecular formula is C9H12INO2. The largest absolute Gasteiger partial charge is 0.389 e. The smallest absolute Gasteiger partial charge is 0.107 e. The van der Waals surface area contributed by atoms with Crippen molar-refractivity contribution in [1.82, 2.24) is 0 Å². The summed E-state index contributed by atoms with van der Waals surface area (Å²) in [6, 6.07) is 7.37. The Morgan fingerprint density at radius 3 is 2.46 bits per heavy atom. The molecule has 0 spiro atoms. The summed E-state index contributed by atoms with van der Waals surface area (Å²) in [5.74, 6) is 0. The molecule has 1 aromatic rings. The second-order valence-corrected chi connectivity index (χ2v) is 3.93. The third-order valence-corrected chi connectivity index (χ3v) is 2.81. The van der Waals surface area contributed by atoms with E-state index in [1.54, 1.807) is 6.07 Å². The van der Waals surface area contributed by atoms with Gasteiger partial charge in [-0.05, 0) is 34.2 Å². The summed E-state index contributed by atoms with van der Waals surface area (Å²) in [5, 5.41) is 19.0. The molecule has 0 heterocycles. The number of aliphatic hydroxyl groups is 2. The molecule has 4 heteroatoms. The van der Waals surface area contributed by atoms with Crippen LogP contribution in [0.2, 0.25) is 0 Å². The molecule has 0 aliphatic heterocycles. The van der Waals surface area contributed by atoms with Crippen LogP contribution in [0, 0.1) is 3.57 Å². The number of aliphatic hydroxyl groups excluding tert-OH is 2. The number of benzene rings is 1. The van der Waals surface area contributed by atoms with Gasteiger partial charge in [0, 0.05) is 10.1 Å². The summed E-state index contributed by atoms with van der Waals surface area (Å²) in [4.78, 5) is 0. The summed E-state index contributed by atoms with van der Waals surface area (Å²) >= 11 is 2.11. The van der Waals surface area contributed by atoms with Crippen molar-refractivity contribution in [2.45, 2.75) is 12.2 Å². The lowest BCUT2D eigenvalue weighted by Crippen LogP contribution is -2.27. The molecule has 0 aliphatic rings. The van der Waals surface area contributed by atoms with Crippen LogP contribution in [0.3, 0.4) is 0 Å². The molecule has 0 bridgehead atoms. The van der Waals surface area contributed by atoms with Crippen molar-refractivity contribution in [2.24, 2.45) is 5.73 Å². The maximum absolute atomic E-state index is 9.64. The van der Waals surface area contributed by atoms with Gasteiger partial charge in [-0.2, -0.15) is 0 Å². The lowest BCUT2D eigenvalue weighted by Gasteiger charge is -2.17. The predicted molar refractivity (Wildman–Crippen MR) is 59.2 cm³/mol. The lowest BCUT2D eigenvalue weighted by atomic mass is 10.1.